The minimum Gasteiger partial charge on any atom is -0.271 e. The highest BCUT2D eigenvalue weighted by Gasteiger charge is 2.31. The van der Waals surface area contributed by atoms with Gasteiger partial charge in [-0.2, -0.15) is 13.2 Å². The second-order valence-corrected chi connectivity index (χ2v) is 5.39. The molecule has 2 aromatic rings. The van der Waals surface area contributed by atoms with Crippen LogP contribution in [0, 0.1) is 6.92 Å². The molecule has 0 saturated heterocycles. The van der Waals surface area contributed by atoms with Crippen LogP contribution in [0.3, 0.4) is 0 Å². The van der Waals surface area contributed by atoms with Gasteiger partial charge in [-0.1, -0.05) is 17.5 Å². The Morgan fingerprint density at radius 1 is 1.38 bits per heavy atom. The van der Waals surface area contributed by atoms with Crippen molar-refractivity contribution in [2.45, 2.75) is 32.5 Å². The van der Waals surface area contributed by atoms with Crippen molar-refractivity contribution in [1.29, 1.82) is 0 Å². The van der Waals surface area contributed by atoms with E-state index in [4.69, 9.17) is 5.84 Å². The largest absolute Gasteiger partial charge is 0.416 e. The summed E-state index contributed by atoms with van der Waals surface area (Å²) in [5, 5.41) is 4.01. The lowest BCUT2D eigenvalue weighted by Gasteiger charge is -2.19. The number of benzene rings is 1. The molecule has 2 rings (SSSR count). The van der Waals surface area contributed by atoms with Crippen LogP contribution in [-0.2, 0) is 12.6 Å². The maximum atomic E-state index is 12.7. The van der Waals surface area contributed by atoms with E-state index in [1.54, 1.807) is 6.92 Å². The van der Waals surface area contributed by atoms with Crippen molar-refractivity contribution in [3.05, 3.63) is 45.5 Å². The standard InChI is InChI=1S/C13H15F3N4S/c1-3-10-12(21-20-19-10)11(18-17)9-5-4-8(6-7(9)2)13(14,15)16/h4-6,11,18H,3,17H2,1-2H3. The monoisotopic (exact) mass is 316 g/mol. The first kappa shape index (κ1) is 15.9. The molecule has 0 radical (unpaired) electrons. The third-order valence-electron chi connectivity index (χ3n) is 3.26. The molecule has 1 unspecified atom stereocenters. The average Bonchev–Trinajstić information content (AvgIpc) is 2.88. The van der Waals surface area contributed by atoms with E-state index in [2.05, 4.69) is 15.0 Å². The van der Waals surface area contributed by atoms with Crippen molar-refractivity contribution in [3.8, 4) is 0 Å². The number of nitrogens with zero attached hydrogens (tertiary/aromatic N) is 2. The number of nitrogens with one attached hydrogen (secondary N) is 1. The Balaban J connectivity index is 2.44. The van der Waals surface area contributed by atoms with Crippen molar-refractivity contribution in [1.82, 2.24) is 15.0 Å². The van der Waals surface area contributed by atoms with E-state index in [1.165, 1.54) is 17.6 Å². The lowest BCUT2D eigenvalue weighted by atomic mass is 9.97. The first-order valence-corrected chi connectivity index (χ1v) is 7.10. The van der Waals surface area contributed by atoms with Crippen LogP contribution in [0.4, 0.5) is 13.2 Å². The molecule has 21 heavy (non-hydrogen) atoms. The minimum atomic E-state index is -4.35. The highest BCUT2D eigenvalue weighted by Crippen LogP contribution is 2.34. The van der Waals surface area contributed by atoms with Gasteiger partial charge >= 0.3 is 6.18 Å². The molecule has 0 bridgehead atoms. The Labute approximate surface area is 124 Å². The van der Waals surface area contributed by atoms with Gasteiger partial charge in [0.1, 0.15) is 0 Å². The van der Waals surface area contributed by atoms with Gasteiger partial charge in [0.25, 0.3) is 0 Å². The van der Waals surface area contributed by atoms with Crippen molar-refractivity contribution < 1.29 is 13.2 Å². The molecule has 1 heterocycles. The van der Waals surface area contributed by atoms with Crippen LogP contribution in [0.25, 0.3) is 0 Å². The summed E-state index contributed by atoms with van der Waals surface area (Å²) in [7, 11) is 0. The molecule has 0 amide bonds. The number of aromatic nitrogens is 2. The summed E-state index contributed by atoms with van der Waals surface area (Å²) in [4.78, 5) is 0.822. The predicted octanol–water partition coefficient (Wildman–Crippen LogP) is 2.98. The molecule has 0 aliphatic heterocycles. The quantitative estimate of drug-likeness (QED) is 0.672. The van der Waals surface area contributed by atoms with E-state index in [-0.39, 0.29) is 0 Å². The van der Waals surface area contributed by atoms with Gasteiger partial charge in [0, 0.05) is 0 Å². The highest BCUT2D eigenvalue weighted by atomic mass is 32.1. The second-order valence-electron chi connectivity index (χ2n) is 4.61. The number of hydrazine groups is 1. The van der Waals surface area contributed by atoms with Crippen LogP contribution in [0.15, 0.2) is 18.2 Å². The summed E-state index contributed by atoms with van der Waals surface area (Å²) in [5.41, 5.74) is 3.97. The van der Waals surface area contributed by atoms with Crippen molar-refractivity contribution in [2.24, 2.45) is 5.84 Å². The third kappa shape index (κ3) is 3.22. The van der Waals surface area contributed by atoms with Gasteiger partial charge in [-0.15, -0.1) is 5.10 Å². The summed E-state index contributed by atoms with van der Waals surface area (Å²) in [5.74, 6) is 5.59. The maximum absolute atomic E-state index is 12.7. The zero-order valence-corrected chi connectivity index (χ0v) is 12.3. The van der Waals surface area contributed by atoms with Crippen LogP contribution in [-0.4, -0.2) is 9.59 Å². The Hall–Kier alpha value is -1.51. The molecule has 0 aliphatic rings. The summed E-state index contributed by atoms with van der Waals surface area (Å²) in [6.45, 7) is 3.57. The average molecular weight is 316 g/mol. The summed E-state index contributed by atoms with van der Waals surface area (Å²) >= 11 is 1.19. The van der Waals surface area contributed by atoms with Crippen LogP contribution >= 0.6 is 11.5 Å². The first-order chi connectivity index (χ1) is 9.88. The molecule has 1 aromatic heterocycles. The van der Waals surface area contributed by atoms with E-state index < -0.39 is 17.8 Å². The number of hydrogen-bond acceptors (Lipinski definition) is 5. The Kier molecular flexibility index (Phi) is 4.60. The molecular formula is C13H15F3N4S. The van der Waals surface area contributed by atoms with E-state index >= 15 is 0 Å². The van der Waals surface area contributed by atoms with Gasteiger partial charge in [0.2, 0.25) is 0 Å². The lowest BCUT2D eigenvalue weighted by Crippen LogP contribution is -2.29. The van der Waals surface area contributed by atoms with Gasteiger partial charge < -0.3 is 0 Å². The zero-order valence-electron chi connectivity index (χ0n) is 11.5. The summed E-state index contributed by atoms with van der Waals surface area (Å²) in [6, 6.07) is 3.22. The number of alkyl halides is 3. The molecule has 4 nitrogen and oxygen atoms in total. The van der Waals surface area contributed by atoms with E-state index in [1.807, 2.05) is 6.92 Å². The van der Waals surface area contributed by atoms with Crippen LogP contribution in [0.2, 0.25) is 0 Å². The molecule has 0 aliphatic carbocycles. The normalized spacial score (nSPS) is 13.4. The third-order valence-corrected chi connectivity index (χ3v) is 4.09. The molecule has 1 atom stereocenters. The molecule has 0 saturated carbocycles. The van der Waals surface area contributed by atoms with Gasteiger partial charge in [-0.3, -0.25) is 5.84 Å². The van der Waals surface area contributed by atoms with Gasteiger partial charge in [0.15, 0.2) is 0 Å². The fourth-order valence-electron chi connectivity index (χ4n) is 2.16. The van der Waals surface area contributed by atoms with Gasteiger partial charge in [-0.05, 0) is 48.1 Å². The fraction of sp³-hybridized carbons (Fsp3) is 0.385. The zero-order chi connectivity index (χ0) is 15.6. The van der Waals surface area contributed by atoms with E-state index in [0.717, 1.165) is 22.7 Å². The molecule has 3 N–H and O–H groups in total. The number of hydrogen-bond donors (Lipinski definition) is 2. The lowest BCUT2D eigenvalue weighted by molar-refractivity contribution is -0.137. The molecular weight excluding hydrogens is 301 g/mol. The predicted molar refractivity (Wildman–Crippen MR) is 74.6 cm³/mol. The second kappa shape index (κ2) is 6.08. The highest BCUT2D eigenvalue weighted by molar-refractivity contribution is 7.05. The Morgan fingerprint density at radius 2 is 2.10 bits per heavy atom. The van der Waals surface area contributed by atoms with Crippen LogP contribution in [0.1, 0.15) is 40.2 Å². The topological polar surface area (TPSA) is 63.8 Å². The van der Waals surface area contributed by atoms with E-state index in [9.17, 15) is 13.2 Å². The van der Waals surface area contributed by atoms with Crippen molar-refractivity contribution in [3.63, 3.8) is 0 Å². The number of halogens is 3. The number of aryl methyl sites for hydroxylation is 2. The van der Waals surface area contributed by atoms with E-state index in [0.29, 0.717) is 17.5 Å². The molecule has 1 aromatic carbocycles. The van der Waals surface area contributed by atoms with Gasteiger partial charge in [-0.25, -0.2) is 5.43 Å². The molecule has 0 spiro atoms. The number of rotatable bonds is 4. The van der Waals surface area contributed by atoms with Crippen molar-refractivity contribution >= 4 is 11.5 Å². The molecule has 114 valence electrons. The Bertz CT molecular complexity index is 624. The molecule has 8 heteroatoms. The first-order valence-electron chi connectivity index (χ1n) is 6.33. The summed E-state index contributed by atoms with van der Waals surface area (Å²) < 4.78 is 42.0. The maximum Gasteiger partial charge on any atom is 0.416 e. The fourth-order valence-corrected chi connectivity index (χ4v) is 2.98. The smallest absolute Gasteiger partial charge is 0.271 e. The number of nitrogens with two attached hydrogens (primary N) is 1. The van der Waals surface area contributed by atoms with Crippen LogP contribution in [0.5, 0.6) is 0 Å². The van der Waals surface area contributed by atoms with Gasteiger partial charge in [0.05, 0.1) is 22.2 Å². The van der Waals surface area contributed by atoms with Crippen molar-refractivity contribution in [2.75, 3.05) is 0 Å². The molecule has 0 fully saturated rings. The van der Waals surface area contributed by atoms with Crippen LogP contribution < -0.4 is 11.3 Å². The minimum absolute atomic E-state index is 0.415. The SMILES string of the molecule is CCc1nnsc1C(NN)c1ccc(C(F)(F)F)cc1C. The Morgan fingerprint density at radius 3 is 2.62 bits per heavy atom. The summed E-state index contributed by atoms with van der Waals surface area (Å²) in [6.07, 6.45) is -3.67.